The second-order valence-electron chi connectivity index (χ2n) is 5.25. The molecule has 0 amide bonds. The molecule has 0 bridgehead atoms. The van der Waals surface area contributed by atoms with Gasteiger partial charge in [0, 0.05) is 17.0 Å². The Labute approximate surface area is 120 Å². The highest BCUT2D eigenvalue weighted by molar-refractivity contribution is 6.17. The molecule has 0 unspecified atom stereocenters. The van der Waals surface area contributed by atoms with Crippen LogP contribution in [0.5, 0.6) is 5.75 Å². The fraction of sp³-hybridized carbons (Fsp3) is 0.118. The third-order valence-electron chi connectivity index (χ3n) is 4.04. The molecule has 2 aromatic carbocycles. The molecule has 2 aromatic heterocycles. The summed E-state index contributed by atoms with van der Waals surface area (Å²) in [5, 5.41) is 3.85. The maximum absolute atomic E-state index is 12.1. The number of H-pyrrole nitrogens is 2. The van der Waals surface area contributed by atoms with Crippen LogP contribution in [0.3, 0.4) is 0 Å². The van der Waals surface area contributed by atoms with Gasteiger partial charge in [0.25, 0.3) is 5.56 Å². The maximum Gasteiger partial charge on any atom is 0.258 e. The molecule has 0 saturated heterocycles. The van der Waals surface area contributed by atoms with Crippen LogP contribution in [-0.4, -0.2) is 17.1 Å². The Morgan fingerprint density at radius 2 is 1.86 bits per heavy atom. The van der Waals surface area contributed by atoms with E-state index in [1.54, 1.807) is 13.3 Å². The van der Waals surface area contributed by atoms with Crippen LogP contribution in [0.2, 0.25) is 0 Å². The number of aromatic nitrogens is 2. The van der Waals surface area contributed by atoms with E-state index in [1.165, 1.54) is 0 Å². The lowest BCUT2D eigenvalue weighted by Crippen LogP contribution is -2.04. The zero-order chi connectivity index (χ0) is 14.6. The summed E-state index contributed by atoms with van der Waals surface area (Å²) in [6, 6.07) is 9.97. The van der Waals surface area contributed by atoms with E-state index in [2.05, 4.69) is 9.97 Å². The molecular formula is C17H14N2O2. The Hall–Kier alpha value is -2.75. The van der Waals surface area contributed by atoms with Gasteiger partial charge >= 0.3 is 0 Å². The van der Waals surface area contributed by atoms with Crippen molar-refractivity contribution in [3.8, 4) is 5.75 Å². The highest BCUT2D eigenvalue weighted by Gasteiger charge is 2.12. The fourth-order valence-corrected chi connectivity index (χ4v) is 2.95. The van der Waals surface area contributed by atoms with Crippen molar-refractivity contribution in [3.05, 3.63) is 52.4 Å². The summed E-state index contributed by atoms with van der Waals surface area (Å²) in [6.07, 6.45) is 1.74. The fourth-order valence-electron chi connectivity index (χ4n) is 2.95. The van der Waals surface area contributed by atoms with Crippen molar-refractivity contribution in [2.45, 2.75) is 6.92 Å². The number of nitrogens with one attached hydrogen (secondary N) is 2. The first-order chi connectivity index (χ1) is 10.2. The molecule has 2 heterocycles. The summed E-state index contributed by atoms with van der Waals surface area (Å²) >= 11 is 0. The summed E-state index contributed by atoms with van der Waals surface area (Å²) in [5.74, 6) is 0.826. The van der Waals surface area contributed by atoms with E-state index in [-0.39, 0.29) is 5.56 Å². The molecule has 4 aromatic rings. The predicted octanol–water partition coefficient (Wildman–Crippen LogP) is 3.48. The average molecular weight is 278 g/mol. The van der Waals surface area contributed by atoms with Gasteiger partial charge in [0.2, 0.25) is 0 Å². The molecule has 4 nitrogen and oxygen atoms in total. The lowest BCUT2D eigenvalue weighted by atomic mass is 10.1. The van der Waals surface area contributed by atoms with Crippen molar-refractivity contribution in [2.75, 3.05) is 7.11 Å². The molecule has 21 heavy (non-hydrogen) atoms. The van der Waals surface area contributed by atoms with Crippen LogP contribution in [0.1, 0.15) is 5.56 Å². The molecule has 0 spiro atoms. The van der Waals surface area contributed by atoms with E-state index in [0.29, 0.717) is 0 Å². The van der Waals surface area contributed by atoms with E-state index < -0.39 is 0 Å². The lowest BCUT2D eigenvalue weighted by molar-refractivity contribution is 0.415. The second kappa shape index (κ2) is 4.12. The largest absolute Gasteiger partial charge is 0.497 e. The molecule has 0 saturated carbocycles. The van der Waals surface area contributed by atoms with Gasteiger partial charge in [0.05, 0.1) is 23.5 Å². The molecule has 0 atom stereocenters. The van der Waals surface area contributed by atoms with Gasteiger partial charge in [-0.1, -0.05) is 12.1 Å². The molecule has 2 N–H and O–H groups in total. The van der Waals surface area contributed by atoms with Gasteiger partial charge in [-0.25, -0.2) is 0 Å². The number of hydrogen-bond acceptors (Lipinski definition) is 2. The Kier molecular flexibility index (Phi) is 2.36. The standard InChI is InChI=1S/C17H14N2O2/c1-9-8-18-17(20)14-13-5-3-10-7-11(21-2)4-6-12(10)16(13)19-15(9)14/h3-8,19H,1-2H3,(H,18,20). The summed E-state index contributed by atoms with van der Waals surface area (Å²) in [6.45, 7) is 1.98. The average Bonchev–Trinajstić information content (AvgIpc) is 2.91. The van der Waals surface area contributed by atoms with Crippen molar-refractivity contribution >= 4 is 32.6 Å². The van der Waals surface area contributed by atoms with E-state index in [4.69, 9.17) is 4.74 Å². The molecule has 0 aliphatic heterocycles. The predicted molar refractivity (Wildman–Crippen MR) is 85.2 cm³/mol. The third kappa shape index (κ3) is 1.59. The Bertz CT molecular complexity index is 1060. The van der Waals surface area contributed by atoms with Gasteiger partial charge in [-0.2, -0.15) is 0 Å². The number of hydrogen-bond donors (Lipinski definition) is 2. The van der Waals surface area contributed by atoms with Crippen molar-refractivity contribution in [2.24, 2.45) is 0 Å². The van der Waals surface area contributed by atoms with E-state index in [9.17, 15) is 4.79 Å². The van der Waals surface area contributed by atoms with Gasteiger partial charge < -0.3 is 14.7 Å². The van der Waals surface area contributed by atoms with Gasteiger partial charge in [0.15, 0.2) is 0 Å². The summed E-state index contributed by atoms with van der Waals surface area (Å²) < 4.78 is 5.27. The van der Waals surface area contributed by atoms with E-state index in [1.807, 2.05) is 37.3 Å². The Morgan fingerprint density at radius 1 is 1.05 bits per heavy atom. The van der Waals surface area contributed by atoms with Crippen LogP contribution < -0.4 is 10.3 Å². The first-order valence-electron chi connectivity index (χ1n) is 6.79. The molecule has 0 fully saturated rings. The minimum atomic E-state index is -0.0605. The van der Waals surface area contributed by atoms with Gasteiger partial charge in [0.1, 0.15) is 5.75 Å². The summed E-state index contributed by atoms with van der Waals surface area (Å²) in [7, 11) is 1.66. The first kappa shape index (κ1) is 12.0. The number of pyridine rings is 1. The quantitative estimate of drug-likeness (QED) is 0.560. The highest BCUT2D eigenvalue weighted by atomic mass is 16.5. The van der Waals surface area contributed by atoms with Crippen LogP contribution in [0.25, 0.3) is 32.6 Å². The van der Waals surface area contributed by atoms with E-state index >= 15 is 0 Å². The topological polar surface area (TPSA) is 57.9 Å². The minimum Gasteiger partial charge on any atom is -0.497 e. The van der Waals surface area contributed by atoms with Crippen LogP contribution in [0.15, 0.2) is 41.3 Å². The number of aryl methyl sites for hydroxylation is 1. The highest BCUT2D eigenvalue weighted by Crippen LogP contribution is 2.32. The number of rotatable bonds is 1. The zero-order valence-corrected chi connectivity index (χ0v) is 11.8. The normalized spacial score (nSPS) is 11.5. The van der Waals surface area contributed by atoms with Gasteiger partial charge in [-0.3, -0.25) is 4.79 Å². The number of ether oxygens (including phenoxy) is 1. The lowest BCUT2D eigenvalue weighted by Gasteiger charge is -2.03. The van der Waals surface area contributed by atoms with Crippen LogP contribution in [-0.2, 0) is 0 Å². The second-order valence-corrected chi connectivity index (χ2v) is 5.25. The van der Waals surface area contributed by atoms with Crippen molar-refractivity contribution < 1.29 is 4.74 Å². The van der Waals surface area contributed by atoms with Crippen LogP contribution >= 0.6 is 0 Å². The van der Waals surface area contributed by atoms with Crippen molar-refractivity contribution in [1.82, 2.24) is 9.97 Å². The summed E-state index contributed by atoms with van der Waals surface area (Å²) in [5.41, 5.74) is 2.86. The van der Waals surface area contributed by atoms with Crippen molar-refractivity contribution in [3.63, 3.8) is 0 Å². The number of benzene rings is 2. The Morgan fingerprint density at radius 3 is 2.67 bits per heavy atom. The van der Waals surface area contributed by atoms with Crippen molar-refractivity contribution in [1.29, 1.82) is 0 Å². The minimum absolute atomic E-state index is 0.0605. The summed E-state index contributed by atoms with van der Waals surface area (Å²) in [4.78, 5) is 18.3. The van der Waals surface area contributed by atoms with Crippen LogP contribution in [0.4, 0.5) is 0 Å². The zero-order valence-electron chi connectivity index (χ0n) is 11.8. The number of methoxy groups -OCH3 is 1. The molecule has 4 heteroatoms. The van der Waals surface area contributed by atoms with Crippen LogP contribution in [0, 0.1) is 6.92 Å². The number of aromatic amines is 2. The van der Waals surface area contributed by atoms with Gasteiger partial charge in [-0.05, 0) is 36.1 Å². The monoisotopic (exact) mass is 278 g/mol. The molecule has 4 rings (SSSR count). The molecule has 0 aliphatic carbocycles. The molecule has 0 aliphatic rings. The third-order valence-corrected chi connectivity index (χ3v) is 4.04. The molecule has 0 radical (unpaired) electrons. The molecular weight excluding hydrogens is 264 g/mol. The van der Waals surface area contributed by atoms with Gasteiger partial charge in [-0.15, -0.1) is 0 Å². The first-order valence-corrected chi connectivity index (χ1v) is 6.79. The number of fused-ring (bicyclic) bond motifs is 5. The molecule has 104 valence electrons. The van der Waals surface area contributed by atoms with E-state index in [0.717, 1.165) is 43.9 Å². The maximum atomic E-state index is 12.1. The SMILES string of the molecule is COc1ccc2c(ccc3c2[nH]c2c(C)c[nH]c(=O)c23)c1. The Balaban J connectivity index is 2.24. The smallest absolute Gasteiger partial charge is 0.258 e.